The summed E-state index contributed by atoms with van der Waals surface area (Å²) in [6, 6.07) is 9.40. The molecule has 1 amide bonds. The zero-order valence-electron chi connectivity index (χ0n) is 20.7. The number of hydrogen-bond acceptors (Lipinski definition) is 3. The van der Waals surface area contributed by atoms with Crippen LogP contribution in [-0.2, 0) is 14.6 Å². The van der Waals surface area contributed by atoms with Gasteiger partial charge in [0.2, 0.25) is 5.91 Å². The Balaban J connectivity index is 1.38. The minimum absolute atomic E-state index is 0.0469. The summed E-state index contributed by atoms with van der Waals surface area (Å²) in [5, 5.41) is 0.235. The van der Waals surface area contributed by atoms with Crippen molar-refractivity contribution < 1.29 is 9.22 Å². The number of benzene rings is 1. The SMILES string of the molecule is CC(C)(C)[Si](C)(C)OC/C=C(\I)CN1CC[C@@]23c4ccccc4N4C(=O)CCC(=CC[C@H]12)[C@H]43. The van der Waals surface area contributed by atoms with Crippen LogP contribution in [0, 0.1) is 0 Å². The summed E-state index contributed by atoms with van der Waals surface area (Å²) < 4.78 is 7.76. The zero-order chi connectivity index (χ0) is 23.6. The zero-order valence-corrected chi connectivity index (χ0v) is 23.8. The number of fused-ring (bicyclic) bond motifs is 2. The molecule has 3 atom stereocenters. The van der Waals surface area contributed by atoms with Crippen molar-refractivity contribution in [2.75, 3.05) is 24.6 Å². The highest BCUT2D eigenvalue weighted by Crippen LogP contribution is 2.60. The summed E-state index contributed by atoms with van der Waals surface area (Å²) in [6.45, 7) is 14.3. The molecule has 0 unspecified atom stereocenters. The first-order valence-corrected chi connectivity index (χ1v) is 16.4. The van der Waals surface area contributed by atoms with E-state index in [2.05, 4.69) is 103 Å². The maximum atomic E-state index is 13.0. The van der Waals surface area contributed by atoms with Crippen molar-refractivity contribution in [1.82, 2.24) is 4.90 Å². The molecule has 0 radical (unpaired) electrons. The lowest BCUT2D eigenvalue weighted by atomic mass is 9.63. The van der Waals surface area contributed by atoms with Crippen LogP contribution < -0.4 is 4.90 Å². The first-order chi connectivity index (χ1) is 15.6. The van der Waals surface area contributed by atoms with Crippen LogP contribution in [0.1, 0.15) is 52.0 Å². The summed E-state index contributed by atoms with van der Waals surface area (Å²) in [4.78, 5) is 17.9. The number of nitrogens with zero attached hydrogens (tertiary/aromatic N) is 2. The maximum absolute atomic E-state index is 13.0. The third-order valence-electron chi connectivity index (χ3n) is 9.02. The lowest BCUT2D eigenvalue weighted by Gasteiger charge is -2.47. The Kier molecular flexibility index (Phi) is 5.99. The minimum Gasteiger partial charge on any atom is -0.413 e. The van der Waals surface area contributed by atoms with Gasteiger partial charge in [-0.15, -0.1) is 0 Å². The van der Waals surface area contributed by atoms with Crippen LogP contribution in [0.4, 0.5) is 5.69 Å². The van der Waals surface area contributed by atoms with Gasteiger partial charge in [0.15, 0.2) is 8.32 Å². The normalized spacial score (nSPS) is 29.6. The molecule has 0 bridgehead atoms. The Morgan fingerprint density at radius 1 is 1.27 bits per heavy atom. The number of hydrogen-bond donors (Lipinski definition) is 0. The van der Waals surface area contributed by atoms with Gasteiger partial charge in [-0.1, -0.05) is 45.0 Å². The Hall–Kier alpha value is -0.963. The highest BCUT2D eigenvalue weighted by molar-refractivity contribution is 14.1. The molecule has 2 fully saturated rings. The van der Waals surface area contributed by atoms with Gasteiger partial charge >= 0.3 is 0 Å². The summed E-state index contributed by atoms with van der Waals surface area (Å²) >= 11 is 2.51. The molecule has 3 aliphatic heterocycles. The van der Waals surface area contributed by atoms with E-state index in [0.717, 1.165) is 32.4 Å². The van der Waals surface area contributed by atoms with Crippen LogP contribution >= 0.6 is 22.6 Å². The van der Waals surface area contributed by atoms with Crippen molar-refractivity contribution in [3.05, 3.63) is 51.1 Å². The topological polar surface area (TPSA) is 32.8 Å². The molecule has 0 N–H and O–H groups in total. The molecule has 1 spiro atoms. The van der Waals surface area contributed by atoms with Crippen molar-refractivity contribution in [3.63, 3.8) is 0 Å². The first kappa shape index (κ1) is 23.8. The van der Waals surface area contributed by atoms with Gasteiger partial charge in [0, 0.05) is 33.7 Å². The molecule has 2 saturated heterocycles. The lowest BCUT2D eigenvalue weighted by molar-refractivity contribution is -0.119. The standard InChI is InChI=1S/C27H37IN2O2Si/c1-26(2,3)33(4,5)32-17-14-20(28)18-29-16-15-27-21-8-6-7-9-22(21)30-24(31)13-11-19(25(27)30)10-12-23(27)29/h6-10,14,23,25H,11-13,15-18H2,1-5H3/b20-14-/t23-,25-,27+/m0/s1. The third-order valence-corrected chi connectivity index (χ3v) is 14.3. The maximum Gasteiger partial charge on any atom is 0.227 e. The fraction of sp³-hybridized carbons (Fsp3) is 0.593. The first-order valence-electron chi connectivity index (χ1n) is 12.4. The average molecular weight is 577 g/mol. The molecular formula is C27H37IN2O2Si. The summed E-state index contributed by atoms with van der Waals surface area (Å²) in [5.41, 5.74) is 4.12. The minimum atomic E-state index is -1.73. The molecule has 33 heavy (non-hydrogen) atoms. The van der Waals surface area contributed by atoms with E-state index in [1.807, 2.05) is 0 Å². The van der Waals surface area contributed by atoms with Crippen LogP contribution in [0.15, 0.2) is 45.6 Å². The fourth-order valence-corrected chi connectivity index (χ4v) is 7.88. The van der Waals surface area contributed by atoms with E-state index in [1.165, 1.54) is 20.4 Å². The second-order valence-electron chi connectivity index (χ2n) is 11.7. The number of likely N-dealkylation sites (tertiary alicyclic amines) is 1. The Morgan fingerprint density at radius 2 is 2.03 bits per heavy atom. The van der Waals surface area contributed by atoms with Crippen LogP contribution in [0.2, 0.25) is 18.1 Å². The Labute approximate surface area is 213 Å². The quantitative estimate of drug-likeness (QED) is 0.239. The van der Waals surface area contributed by atoms with Crippen molar-refractivity contribution in [3.8, 4) is 0 Å². The van der Waals surface area contributed by atoms with Gasteiger partial charge < -0.3 is 9.33 Å². The van der Waals surface area contributed by atoms with Gasteiger partial charge in [-0.05, 0) is 89.8 Å². The number of carbonyl (C=O) groups excluding carboxylic acids is 1. The molecule has 0 aromatic heterocycles. The number of anilines is 1. The van der Waals surface area contributed by atoms with Gasteiger partial charge in [-0.2, -0.15) is 0 Å². The Morgan fingerprint density at radius 3 is 2.79 bits per heavy atom. The van der Waals surface area contributed by atoms with Gasteiger partial charge in [0.25, 0.3) is 0 Å². The Bertz CT molecular complexity index is 1030. The summed E-state index contributed by atoms with van der Waals surface area (Å²) in [6.07, 6.45) is 8.56. The van der Waals surface area contributed by atoms with Crippen LogP contribution in [0.3, 0.4) is 0 Å². The van der Waals surface area contributed by atoms with Gasteiger partial charge in [-0.3, -0.25) is 9.69 Å². The predicted molar refractivity (Wildman–Crippen MR) is 147 cm³/mol. The van der Waals surface area contributed by atoms with E-state index in [4.69, 9.17) is 4.43 Å². The van der Waals surface area contributed by atoms with Gasteiger partial charge in [-0.25, -0.2) is 0 Å². The molecule has 1 aromatic rings. The number of piperidine rings is 1. The second kappa shape index (κ2) is 8.31. The third kappa shape index (κ3) is 3.71. The molecule has 4 aliphatic rings. The van der Waals surface area contributed by atoms with Crippen LogP contribution in [-0.4, -0.2) is 50.9 Å². The molecule has 1 aromatic carbocycles. The largest absolute Gasteiger partial charge is 0.413 e. The molecule has 4 nitrogen and oxygen atoms in total. The number of halogens is 1. The van der Waals surface area contributed by atoms with E-state index in [9.17, 15) is 4.79 Å². The number of rotatable bonds is 5. The smallest absolute Gasteiger partial charge is 0.227 e. The number of carbonyl (C=O) groups is 1. The summed E-state index contributed by atoms with van der Waals surface area (Å²) in [7, 11) is -1.73. The molecule has 5 rings (SSSR count). The predicted octanol–water partition coefficient (Wildman–Crippen LogP) is 6.18. The summed E-state index contributed by atoms with van der Waals surface area (Å²) in [5.74, 6) is 0.304. The van der Waals surface area contributed by atoms with Crippen LogP contribution in [0.25, 0.3) is 0 Å². The van der Waals surface area contributed by atoms with E-state index in [1.54, 1.807) is 0 Å². The lowest BCUT2D eigenvalue weighted by Crippen LogP contribution is -2.58. The molecule has 6 heteroatoms. The van der Waals surface area contributed by atoms with E-state index in [0.29, 0.717) is 25.0 Å². The van der Waals surface area contributed by atoms with E-state index in [-0.39, 0.29) is 16.5 Å². The van der Waals surface area contributed by atoms with Gasteiger partial charge in [0.1, 0.15) is 0 Å². The number of amides is 1. The highest BCUT2D eigenvalue weighted by atomic mass is 127. The second-order valence-corrected chi connectivity index (χ2v) is 17.9. The van der Waals surface area contributed by atoms with Crippen molar-refractivity contribution >= 4 is 42.5 Å². The fourth-order valence-electron chi connectivity index (χ4n) is 6.33. The van der Waals surface area contributed by atoms with Crippen molar-refractivity contribution in [1.29, 1.82) is 0 Å². The average Bonchev–Trinajstić information content (AvgIpc) is 3.27. The molecular weight excluding hydrogens is 539 g/mol. The molecule has 3 heterocycles. The molecule has 178 valence electrons. The van der Waals surface area contributed by atoms with Gasteiger partial charge in [0.05, 0.1) is 12.6 Å². The van der Waals surface area contributed by atoms with Crippen LogP contribution in [0.5, 0.6) is 0 Å². The van der Waals surface area contributed by atoms with Crippen molar-refractivity contribution in [2.24, 2.45) is 0 Å². The van der Waals surface area contributed by atoms with E-state index >= 15 is 0 Å². The number of para-hydroxylation sites is 1. The monoisotopic (exact) mass is 576 g/mol. The van der Waals surface area contributed by atoms with E-state index < -0.39 is 8.32 Å². The molecule has 0 saturated carbocycles. The van der Waals surface area contributed by atoms with Crippen molar-refractivity contribution in [2.45, 2.75) is 82.1 Å². The molecule has 1 aliphatic carbocycles. The highest BCUT2D eigenvalue weighted by Gasteiger charge is 2.63.